The first-order valence-electron chi connectivity index (χ1n) is 3.30. The normalized spacial score (nSPS) is 24.7. The summed E-state index contributed by atoms with van der Waals surface area (Å²) >= 11 is 0. The summed E-state index contributed by atoms with van der Waals surface area (Å²) in [6, 6.07) is 0. The molecule has 1 rings (SSSR count). The summed E-state index contributed by atoms with van der Waals surface area (Å²) in [7, 11) is 2.07. The molecule has 1 fully saturated rings. The van der Waals surface area contributed by atoms with Gasteiger partial charge in [0.25, 0.3) is 0 Å². The van der Waals surface area contributed by atoms with Crippen LogP contribution in [0.25, 0.3) is 0 Å². The van der Waals surface area contributed by atoms with Crippen molar-refractivity contribution in [3.8, 4) is 0 Å². The molecule has 9 heavy (non-hydrogen) atoms. The molecule has 0 atom stereocenters. The Hall–Kier alpha value is -0.150. The highest BCUT2D eigenvalue weighted by Crippen LogP contribution is 1.97. The molecule has 0 spiro atoms. The van der Waals surface area contributed by atoms with Gasteiger partial charge in [-0.2, -0.15) is 0 Å². The molecule has 0 radical (unpaired) electrons. The van der Waals surface area contributed by atoms with E-state index in [0.29, 0.717) is 0 Å². The SMILES string of the molecule is CN1CCN(CF)CC1. The van der Waals surface area contributed by atoms with Crippen molar-refractivity contribution in [2.24, 2.45) is 0 Å². The predicted molar refractivity (Wildman–Crippen MR) is 35.0 cm³/mol. The van der Waals surface area contributed by atoms with Gasteiger partial charge in [0.1, 0.15) is 6.80 Å². The fourth-order valence-electron chi connectivity index (χ4n) is 0.967. The van der Waals surface area contributed by atoms with Gasteiger partial charge in [-0.05, 0) is 7.05 Å². The number of halogens is 1. The summed E-state index contributed by atoms with van der Waals surface area (Å²) in [5.74, 6) is 0. The fourth-order valence-corrected chi connectivity index (χ4v) is 0.967. The van der Waals surface area contributed by atoms with E-state index in [0.717, 1.165) is 26.2 Å². The first kappa shape index (κ1) is 6.96. The van der Waals surface area contributed by atoms with E-state index in [1.165, 1.54) is 0 Å². The van der Waals surface area contributed by atoms with Crippen molar-refractivity contribution in [2.75, 3.05) is 40.0 Å². The molecule has 0 aliphatic carbocycles. The highest BCUT2D eigenvalue weighted by molar-refractivity contribution is 4.65. The minimum absolute atomic E-state index is 0.284. The second-order valence-corrected chi connectivity index (χ2v) is 2.54. The summed E-state index contributed by atoms with van der Waals surface area (Å²) in [4.78, 5) is 4.03. The number of likely N-dealkylation sites (N-methyl/N-ethyl adjacent to an activating group) is 1. The van der Waals surface area contributed by atoms with E-state index >= 15 is 0 Å². The molecule has 54 valence electrons. The van der Waals surface area contributed by atoms with Crippen molar-refractivity contribution >= 4 is 0 Å². The first-order chi connectivity index (χ1) is 4.33. The lowest BCUT2D eigenvalue weighted by Gasteiger charge is -2.29. The zero-order valence-electron chi connectivity index (χ0n) is 5.81. The zero-order valence-corrected chi connectivity index (χ0v) is 5.81. The summed E-state index contributed by atoms with van der Waals surface area (Å²) in [6.45, 7) is 3.49. The number of nitrogens with zero attached hydrogens (tertiary/aromatic N) is 2. The Labute approximate surface area is 55.2 Å². The van der Waals surface area contributed by atoms with E-state index < -0.39 is 0 Å². The molecule has 1 aliphatic rings. The Kier molecular flexibility index (Phi) is 2.42. The van der Waals surface area contributed by atoms with Crippen LogP contribution in [0, 0.1) is 0 Å². The highest BCUT2D eigenvalue weighted by Gasteiger charge is 2.11. The lowest BCUT2D eigenvalue weighted by Crippen LogP contribution is -2.43. The molecule has 0 aromatic carbocycles. The molecular weight excluding hydrogens is 119 g/mol. The maximum Gasteiger partial charge on any atom is 0.143 e. The summed E-state index contributed by atoms with van der Waals surface area (Å²) < 4.78 is 11.9. The average Bonchev–Trinajstić information content (AvgIpc) is 1.90. The highest BCUT2D eigenvalue weighted by atomic mass is 19.1. The van der Waals surface area contributed by atoms with Gasteiger partial charge in [0.05, 0.1) is 0 Å². The Morgan fingerprint density at radius 3 is 2.22 bits per heavy atom. The lowest BCUT2D eigenvalue weighted by molar-refractivity contribution is 0.110. The van der Waals surface area contributed by atoms with Gasteiger partial charge in [-0.15, -0.1) is 0 Å². The quantitative estimate of drug-likeness (QED) is 0.469. The molecule has 1 aliphatic heterocycles. The van der Waals surface area contributed by atoms with Gasteiger partial charge >= 0.3 is 0 Å². The molecule has 3 heteroatoms. The molecule has 0 unspecified atom stereocenters. The van der Waals surface area contributed by atoms with Crippen LogP contribution in [0.2, 0.25) is 0 Å². The van der Waals surface area contributed by atoms with Crippen LogP contribution < -0.4 is 0 Å². The Morgan fingerprint density at radius 2 is 1.78 bits per heavy atom. The first-order valence-corrected chi connectivity index (χ1v) is 3.30. The number of piperazine rings is 1. The third-order valence-corrected chi connectivity index (χ3v) is 1.76. The van der Waals surface area contributed by atoms with E-state index in [4.69, 9.17) is 0 Å². The van der Waals surface area contributed by atoms with Gasteiger partial charge in [-0.1, -0.05) is 0 Å². The molecule has 2 nitrogen and oxygen atoms in total. The third-order valence-electron chi connectivity index (χ3n) is 1.76. The van der Waals surface area contributed by atoms with Crippen LogP contribution in [0.3, 0.4) is 0 Å². The van der Waals surface area contributed by atoms with Crippen LogP contribution in [-0.4, -0.2) is 49.8 Å². The van der Waals surface area contributed by atoms with Crippen LogP contribution in [-0.2, 0) is 0 Å². The average molecular weight is 132 g/mol. The number of rotatable bonds is 1. The Balaban J connectivity index is 2.18. The van der Waals surface area contributed by atoms with Crippen LogP contribution in [0.5, 0.6) is 0 Å². The van der Waals surface area contributed by atoms with Crippen LogP contribution >= 0.6 is 0 Å². The van der Waals surface area contributed by atoms with Crippen molar-refractivity contribution in [1.29, 1.82) is 0 Å². The van der Waals surface area contributed by atoms with Crippen molar-refractivity contribution in [3.05, 3.63) is 0 Å². The predicted octanol–water partition coefficient (Wildman–Crippen LogP) is 0.161. The minimum atomic E-state index is -0.284. The Morgan fingerprint density at radius 1 is 1.22 bits per heavy atom. The number of hydrogen-bond acceptors (Lipinski definition) is 2. The summed E-state index contributed by atoms with van der Waals surface area (Å²) in [5, 5.41) is 0. The van der Waals surface area contributed by atoms with Crippen LogP contribution in [0.4, 0.5) is 4.39 Å². The van der Waals surface area contributed by atoms with Crippen molar-refractivity contribution < 1.29 is 4.39 Å². The molecule has 0 N–H and O–H groups in total. The van der Waals surface area contributed by atoms with Gasteiger partial charge in [-0.3, -0.25) is 4.90 Å². The van der Waals surface area contributed by atoms with E-state index in [1.807, 2.05) is 4.90 Å². The van der Waals surface area contributed by atoms with E-state index in [-0.39, 0.29) is 6.80 Å². The minimum Gasteiger partial charge on any atom is -0.304 e. The van der Waals surface area contributed by atoms with Crippen molar-refractivity contribution in [3.63, 3.8) is 0 Å². The van der Waals surface area contributed by atoms with E-state index in [1.54, 1.807) is 0 Å². The van der Waals surface area contributed by atoms with Gasteiger partial charge in [0, 0.05) is 26.2 Å². The molecule has 0 aromatic rings. The summed E-state index contributed by atoms with van der Waals surface area (Å²) in [6.07, 6.45) is 0. The maximum atomic E-state index is 11.9. The van der Waals surface area contributed by atoms with Gasteiger partial charge in [0.15, 0.2) is 0 Å². The topological polar surface area (TPSA) is 6.48 Å². The van der Waals surface area contributed by atoms with Gasteiger partial charge < -0.3 is 4.90 Å². The lowest BCUT2D eigenvalue weighted by atomic mass is 10.4. The van der Waals surface area contributed by atoms with Crippen LogP contribution in [0.15, 0.2) is 0 Å². The largest absolute Gasteiger partial charge is 0.304 e. The molecule has 0 saturated carbocycles. The maximum absolute atomic E-state index is 11.9. The molecule has 1 heterocycles. The number of alkyl halides is 1. The van der Waals surface area contributed by atoms with Crippen LogP contribution in [0.1, 0.15) is 0 Å². The molecule has 0 amide bonds. The van der Waals surface area contributed by atoms with Crippen molar-refractivity contribution in [2.45, 2.75) is 0 Å². The Bertz CT molecular complexity index is 79.1. The monoisotopic (exact) mass is 132 g/mol. The number of hydrogen-bond donors (Lipinski definition) is 0. The van der Waals surface area contributed by atoms with E-state index in [9.17, 15) is 4.39 Å². The standard InChI is InChI=1S/C6H13FN2/c1-8-2-4-9(6-7)5-3-8/h2-6H2,1H3. The van der Waals surface area contributed by atoms with Gasteiger partial charge in [0.2, 0.25) is 0 Å². The fraction of sp³-hybridized carbons (Fsp3) is 1.00. The molecule has 0 aromatic heterocycles. The summed E-state index contributed by atoms with van der Waals surface area (Å²) in [5.41, 5.74) is 0. The smallest absolute Gasteiger partial charge is 0.143 e. The molecule has 1 saturated heterocycles. The second-order valence-electron chi connectivity index (χ2n) is 2.54. The molecule has 0 bridgehead atoms. The third kappa shape index (κ3) is 1.91. The second kappa shape index (κ2) is 3.13. The van der Waals surface area contributed by atoms with Crippen molar-refractivity contribution in [1.82, 2.24) is 9.80 Å². The van der Waals surface area contributed by atoms with Gasteiger partial charge in [-0.25, -0.2) is 4.39 Å². The van der Waals surface area contributed by atoms with E-state index in [2.05, 4.69) is 11.9 Å². The molecular formula is C6H13FN2. The zero-order chi connectivity index (χ0) is 6.69.